The Morgan fingerprint density at radius 1 is 1.79 bits per heavy atom. The van der Waals surface area contributed by atoms with Crippen LogP contribution in [0.4, 0.5) is 0 Å². The molecule has 1 rings (SSSR count). The number of aromatic amines is 1. The van der Waals surface area contributed by atoms with Gasteiger partial charge in [0.1, 0.15) is 5.69 Å². The number of esters is 1. The zero-order chi connectivity index (χ0) is 10.6. The van der Waals surface area contributed by atoms with Gasteiger partial charge in [0.05, 0.1) is 11.6 Å². The first-order valence-electron chi connectivity index (χ1n) is 4.28. The van der Waals surface area contributed by atoms with E-state index in [1.165, 1.54) is 0 Å². The van der Waals surface area contributed by atoms with Gasteiger partial charge in [0, 0.05) is 11.8 Å². The van der Waals surface area contributed by atoms with Crippen molar-refractivity contribution >= 4 is 24.8 Å². The molecular weight excluding hydrogens is 200 g/mol. The number of rotatable bonds is 4. The van der Waals surface area contributed by atoms with Gasteiger partial charge in [0.25, 0.3) is 0 Å². The van der Waals surface area contributed by atoms with Crippen LogP contribution in [0.5, 0.6) is 0 Å². The van der Waals surface area contributed by atoms with Crippen molar-refractivity contribution in [3.63, 3.8) is 0 Å². The van der Waals surface area contributed by atoms with Crippen molar-refractivity contribution in [1.29, 1.82) is 5.41 Å². The molecule has 0 saturated heterocycles. The first kappa shape index (κ1) is 10.8. The lowest BCUT2D eigenvalue weighted by Crippen LogP contribution is -2.05. The minimum atomic E-state index is -0.407. The summed E-state index contributed by atoms with van der Waals surface area (Å²) in [6.07, 6.45) is 1.92. The fourth-order valence-corrected chi connectivity index (χ4v) is 1.20. The standard InChI is InChI=1S/C9H12N2O2S/c1-2-3-13-9(12)7-4-6(5-10)8(14)11-7/h4-5,10-11,14H,2-3H2,1H3. The Morgan fingerprint density at radius 3 is 3.00 bits per heavy atom. The number of thiol groups is 1. The van der Waals surface area contributed by atoms with E-state index in [2.05, 4.69) is 17.6 Å². The van der Waals surface area contributed by atoms with E-state index in [0.29, 0.717) is 22.9 Å². The molecule has 76 valence electrons. The summed E-state index contributed by atoms with van der Waals surface area (Å²) in [6, 6.07) is 1.55. The summed E-state index contributed by atoms with van der Waals surface area (Å²) in [6.45, 7) is 2.33. The van der Waals surface area contributed by atoms with Gasteiger partial charge in [-0.1, -0.05) is 6.92 Å². The first-order valence-corrected chi connectivity index (χ1v) is 4.73. The maximum absolute atomic E-state index is 11.3. The van der Waals surface area contributed by atoms with Crippen LogP contribution in [0.15, 0.2) is 11.1 Å². The molecule has 14 heavy (non-hydrogen) atoms. The summed E-state index contributed by atoms with van der Waals surface area (Å²) in [5.41, 5.74) is 0.915. The van der Waals surface area contributed by atoms with Crippen LogP contribution in [0.25, 0.3) is 0 Å². The van der Waals surface area contributed by atoms with Gasteiger partial charge in [0.2, 0.25) is 0 Å². The van der Waals surface area contributed by atoms with Crippen molar-refractivity contribution < 1.29 is 9.53 Å². The highest BCUT2D eigenvalue weighted by Gasteiger charge is 2.11. The number of hydrogen-bond donors (Lipinski definition) is 3. The number of carbonyl (C=O) groups is 1. The van der Waals surface area contributed by atoms with E-state index in [-0.39, 0.29) is 0 Å². The Bertz CT molecular complexity index is 347. The van der Waals surface area contributed by atoms with Crippen LogP contribution < -0.4 is 0 Å². The predicted octanol–water partition coefficient (Wildman–Crippen LogP) is 1.87. The molecule has 0 aliphatic carbocycles. The predicted molar refractivity (Wildman–Crippen MR) is 56.5 cm³/mol. The van der Waals surface area contributed by atoms with E-state index in [0.717, 1.165) is 12.6 Å². The van der Waals surface area contributed by atoms with E-state index in [1.54, 1.807) is 6.07 Å². The molecule has 0 aliphatic rings. The summed E-state index contributed by atoms with van der Waals surface area (Å²) < 4.78 is 4.91. The van der Waals surface area contributed by atoms with Crippen LogP contribution >= 0.6 is 12.6 Å². The lowest BCUT2D eigenvalue weighted by molar-refractivity contribution is 0.0498. The molecule has 0 spiro atoms. The second-order valence-corrected chi connectivity index (χ2v) is 3.21. The smallest absolute Gasteiger partial charge is 0.354 e. The van der Waals surface area contributed by atoms with Crippen molar-refractivity contribution in [1.82, 2.24) is 4.98 Å². The van der Waals surface area contributed by atoms with Crippen LogP contribution in [-0.2, 0) is 4.74 Å². The molecule has 1 aromatic heterocycles. The second-order valence-electron chi connectivity index (χ2n) is 2.77. The summed E-state index contributed by atoms with van der Waals surface area (Å²) in [7, 11) is 0. The Kier molecular flexibility index (Phi) is 3.76. The molecule has 4 nitrogen and oxygen atoms in total. The van der Waals surface area contributed by atoms with Crippen LogP contribution in [0.3, 0.4) is 0 Å². The molecule has 0 radical (unpaired) electrons. The van der Waals surface area contributed by atoms with Gasteiger partial charge in [0.15, 0.2) is 0 Å². The molecule has 0 bridgehead atoms. The highest BCUT2D eigenvalue weighted by molar-refractivity contribution is 7.80. The molecule has 0 saturated carbocycles. The fourth-order valence-electron chi connectivity index (χ4n) is 0.952. The normalized spacial score (nSPS) is 9.86. The minimum absolute atomic E-state index is 0.335. The van der Waals surface area contributed by atoms with Gasteiger partial charge in [-0.05, 0) is 12.5 Å². The minimum Gasteiger partial charge on any atom is -0.461 e. The number of ether oxygens (including phenoxy) is 1. The van der Waals surface area contributed by atoms with Crippen LogP contribution in [0, 0.1) is 5.41 Å². The zero-order valence-corrected chi connectivity index (χ0v) is 8.73. The van der Waals surface area contributed by atoms with Crippen molar-refractivity contribution in [2.75, 3.05) is 6.61 Å². The van der Waals surface area contributed by atoms with Gasteiger partial charge in [-0.25, -0.2) is 4.79 Å². The highest BCUT2D eigenvalue weighted by atomic mass is 32.1. The third kappa shape index (κ3) is 2.38. The molecule has 0 unspecified atom stereocenters. The molecule has 2 N–H and O–H groups in total. The number of nitrogens with one attached hydrogen (secondary N) is 2. The van der Waals surface area contributed by atoms with E-state index >= 15 is 0 Å². The molecular formula is C9H12N2O2S. The Labute approximate surface area is 87.6 Å². The van der Waals surface area contributed by atoms with E-state index in [4.69, 9.17) is 10.1 Å². The number of carbonyl (C=O) groups excluding carboxylic acids is 1. The van der Waals surface area contributed by atoms with Gasteiger partial charge >= 0.3 is 5.97 Å². The van der Waals surface area contributed by atoms with Crippen LogP contribution in [0.1, 0.15) is 29.4 Å². The third-order valence-electron chi connectivity index (χ3n) is 1.64. The van der Waals surface area contributed by atoms with Crippen molar-refractivity contribution in [2.24, 2.45) is 0 Å². The second kappa shape index (κ2) is 4.85. The Morgan fingerprint density at radius 2 is 2.50 bits per heavy atom. The largest absolute Gasteiger partial charge is 0.461 e. The summed E-state index contributed by atoms with van der Waals surface area (Å²) in [4.78, 5) is 14.1. The lowest BCUT2D eigenvalue weighted by Gasteiger charge is -1.99. The maximum Gasteiger partial charge on any atom is 0.354 e. The fraction of sp³-hybridized carbons (Fsp3) is 0.333. The van der Waals surface area contributed by atoms with Crippen molar-refractivity contribution in [3.05, 3.63) is 17.3 Å². The Balaban J connectivity index is 2.75. The Hall–Kier alpha value is -1.23. The first-order chi connectivity index (χ1) is 6.69. The lowest BCUT2D eigenvalue weighted by atomic mass is 10.3. The molecule has 0 fully saturated rings. The maximum atomic E-state index is 11.3. The average Bonchev–Trinajstić information content (AvgIpc) is 2.56. The highest BCUT2D eigenvalue weighted by Crippen LogP contribution is 2.13. The number of H-pyrrole nitrogens is 1. The summed E-state index contributed by atoms with van der Waals surface area (Å²) >= 11 is 4.07. The molecule has 0 atom stereocenters. The summed E-state index contributed by atoms with van der Waals surface area (Å²) in [5, 5.41) is 7.53. The number of hydrogen-bond acceptors (Lipinski definition) is 4. The third-order valence-corrected chi connectivity index (χ3v) is 2.01. The monoisotopic (exact) mass is 212 g/mol. The van der Waals surface area contributed by atoms with Gasteiger partial charge in [-0.15, -0.1) is 12.6 Å². The SMILES string of the molecule is CCCOC(=O)c1cc(C=N)c(S)[nH]1. The number of aromatic nitrogens is 1. The molecule has 0 aliphatic heterocycles. The molecule has 1 aromatic rings. The van der Waals surface area contributed by atoms with E-state index < -0.39 is 5.97 Å². The van der Waals surface area contributed by atoms with Crippen LogP contribution in [0.2, 0.25) is 0 Å². The molecule has 0 amide bonds. The van der Waals surface area contributed by atoms with Gasteiger partial charge in [-0.3, -0.25) is 0 Å². The average molecular weight is 212 g/mol. The van der Waals surface area contributed by atoms with E-state index in [1.807, 2.05) is 6.92 Å². The van der Waals surface area contributed by atoms with Crippen LogP contribution in [-0.4, -0.2) is 23.8 Å². The summed E-state index contributed by atoms with van der Waals surface area (Å²) in [5.74, 6) is -0.407. The van der Waals surface area contributed by atoms with E-state index in [9.17, 15) is 4.79 Å². The zero-order valence-electron chi connectivity index (χ0n) is 7.83. The molecule has 5 heteroatoms. The van der Waals surface area contributed by atoms with Gasteiger partial charge in [-0.2, -0.15) is 0 Å². The topological polar surface area (TPSA) is 65.9 Å². The molecule has 0 aromatic carbocycles. The quantitative estimate of drug-likeness (QED) is 0.405. The van der Waals surface area contributed by atoms with Gasteiger partial charge < -0.3 is 15.1 Å². The van der Waals surface area contributed by atoms with Crippen molar-refractivity contribution in [2.45, 2.75) is 18.4 Å². The molecule has 1 heterocycles. The van der Waals surface area contributed by atoms with Crippen molar-refractivity contribution in [3.8, 4) is 0 Å².